The van der Waals surface area contributed by atoms with Crippen molar-refractivity contribution in [3.8, 4) is 5.00 Å². The molecular formula is C19H26N6O4S. The van der Waals surface area contributed by atoms with E-state index in [1.807, 2.05) is 13.8 Å². The maximum atomic E-state index is 12.6. The quantitative estimate of drug-likeness (QED) is 0.673. The molecule has 3 heterocycles. The van der Waals surface area contributed by atoms with Crippen molar-refractivity contribution in [2.45, 2.75) is 40.2 Å². The topological polar surface area (TPSA) is 118 Å². The van der Waals surface area contributed by atoms with Gasteiger partial charge in [-0.05, 0) is 20.3 Å². The number of anilines is 1. The zero-order valence-electron chi connectivity index (χ0n) is 17.5. The average Bonchev–Trinajstić information content (AvgIpc) is 3.42. The van der Waals surface area contributed by atoms with Crippen LogP contribution >= 0.6 is 11.3 Å². The van der Waals surface area contributed by atoms with Crippen molar-refractivity contribution in [2.75, 3.05) is 25.0 Å². The van der Waals surface area contributed by atoms with Crippen LogP contribution in [0.15, 0.2) is 12.4 Å². The Morgan fingerprint density at radius 3 is 2.63 bits per heavy atom. The van der Waals surface area contributed by atoms with Crippen LogP contribution in [-0.4, -0.2) is 63.5 Å². The average molecular weight is 435 g/mol. The van der Waals surface area contributed by atoms with Gasteiger partial charge in [0.1, 0.15) is 10.0 Å². The number of hydrogen-bond acceptors (Lipinski definition) is 7. The Balaban J connectivity index is 1.74. The summed E-state index contributed by atoms with van der Waals surface area (Å²) in [7, 11) is 0. The molecule has 1 aliphatic rings. The van der Waals surface area contributed by atoms with Crippen LogP contribution in [0.25, 0.3) is 5.00 Å². The SMILES string of the molecule is CCOC(=O)c1c(NC(=O)N[C@H]2CCN(C(=O)C(C)C)C2)sc(-n2nccn2)c1C. The summed E-state index contributed by atoms with van der Waals surface area (Å²) in [5.74, 6) is -0.516. The molecule has 30 heavy (non-hydrogen) atoms. The van der Waals surface area contributed by atoms with E-state index in [0.29, 0.717) is 35.1 Å². The highest BCUT2D eigenvalue weighted by molar-refractivity contribution is 7.19. The largest absolute Gasteiger partial charge is 0.462 e. The van der Waals surface area contributed by atoms with Crippen LogP contribution < -0.4 is 10.6 Å². The molecule has 11 heteroatoms. The molecule has 2 aromatic rings. The van der Waals surface area contributed by atoms with E-state index in [9.17, 15) is 14.4 Å². The summed E-state index contributed by atoms with van der Waals surface area (Å²) in [6.07, 6.45) is 3.75. The van der Waals surface area contributed by atoms with E-state index in [1.165, 1.54) is 28.5 Å². The fourth-order valence-corrected chi connectivity index (χ4v) is 4.42. The highest BCUT2D eigenvalue weighted by Gasteiger charge is 2.30. The molecule has 0 saturated carbocycles. The Labute approximate surface area is 178 Å². The number of aromatic nitrogens is 3. The molecule has 0 spiro atoms. The third kappa shape index (κ3) is 4.61. The Bertz CT molecular complexity index is 924. The molecule has 3 rings (SSSR count). The molecular weight excluding hydrogens is 408 g/mol. The minimum absolute atomic E-state index is 0.0758. The number of nitrogens with zero attached hydrogens (tertiary/aromatic N) is 4. The summed E-state index contributed by atoms with van der Waals surface area (Å²) in [6, 6.07) is -0.585. The third-order valence-corrected chi connectivity index (χ3v) is 5.93. The van der Waals surface area contributed by atoms with Crippen LogP contribution in [0.4, 0.5) is 9.80 Å². The van der Waals surface area contributed by atoms with Gasteiger partial charge in [0.15, 0.2) is 0 Å². The number of ether oxygens (including phenoxy) is 1. The van der Waals surface area contributed by atoms with Crippen molar-refractivity contribution in [2.24, 2.45) is 5.92 Å². The predicted molar refractivity (Wildman–Crippen MR) is 112 cm³/mol. The van der Waals surface area contributed by atoms with Crippen molar-refractivity contribution in [3.63, 3.8) is 0 Å². The van der Waals surface area contributed by atoms with Gasteiger partial charge in [-0.25, -0.2) is 9.59 Å². The standard InChI is InChI=1S/C19H26N6O4S/c1-5-29-18(27)14-12(4)17(25-20-7-8-21-25)30-15(14)23-19(28)22-13-6-9-24(10-13)16(26)11(2)3/h7-8,11,13H,5-6,9-10H2,1-4H3,(H2,22,23,28)/t13-/m0/s1. The van der Waals surface area contributed by atoms with Crippen LogP contribution in [0.5, 0.6) is 0 Å². The van der Waals surface area contributed by atoms with Crippen LogP contribution in [0.3, 0.4) is 0 Å². The number of urea groups is 1. The minimum atomic E-state index is -0.519. The van der Waals surface area contributed by atoms with Gasteiger partial charge in [-0.1, -0.05) is 25.2 Å². The first-order valence-electron chi connectivity index (χ1n) is 9.85. The second-order valence-electron chi connectivity index (χ2n) is 7.30. The van der Waals surface area contributed by atoms with Crippen LogP contribution in [0.1, 0.15) is 43.1 Å². The van der Waals surface area contributed by atoms with Crippen molar-refractivity contribution in [3.05, 3.63) is 23.5 Å². The molecule has 0 aliphatic carbocycles. The molecule has 2 N–H and O–H groups in total. The molecule has 0 unspecified atom stereocenters. The van der Waals surface area contributed by atoms with E-state index < -0.39 is 12.0 Å². The van der Waals surface area contributed by atoms with Gasteiger partial charge in [-0.2, -0.15) is 10.2 Å². The van der Waals surface area contributed by atoms with E-state index in [0.717, 1.165) is 0 Å². The Hall–Kier alpha value is -2.95. The van der Waals surface area contributed by atoms with Gasteiger partial charge in [0.25, 0.3) is 0 Å². The van der Waals surface area contributed by atoms with Crippen LogP contribution in [0.2, 0.25) is 0 Å². The maximum absolute atomic E-state index is 12.6. The summed E-state index contributed by atoms with van der Waals surface area (Å²) in [5, 5.41) is 14.8. The summed E-state index contributed by atoms with van der Waals surface area (Å²) in [4.78, 5) is 40.4. The van der Waals surface area contributed by atoms with Gasteiger partial charge < -0.3 is 15.0 Å². The fraction of sp³-hybridized carbons (Fsp3) is 0.526. The van der Waals surface area contributed by atoms with E-state index in [-0.39, 0.29) is 30.0 Å². The predicted octanol–water partition coefficient (Wildman–Crippen LogP) is 2.19. The fourth-order valence-electron chi connectivity index (χ4n) is 3.32. The highest BCUT2D eigenvalue weighted by atomic mass is 32.1. The van der Waals surface area contributed by atoms with Gasteiger partial charge in [-0.3, -0.25) is 10.1 Å². The highest BCUT2D eigenvalue weighted by Crippen LogP contribution is 2.35. The Morgan fingerprint density at radius 2 is 2.00 bits per heavy atom. The van der Waals surface area contributed by atoms with Gasteiger partial charge in [0, 0.05) is 30.6 Å². The number of thiophene rings is 1. The molecule has 1 aliphatic heterocycles. The second kappa shape index (κ2) is 9.24. The van der Waals surface area contributed by atoms with Gasteiger partial charge in [-0.15, -0.1) is 4.80 Å². The molecule has 0 aromatic carbocycles. The zero-order chi connectivity index (χ0) is 21.8. The van der Waals surface area contributed by atoms with Crippen molar-refractivity contribution in [1.82, 2.24) is 25.2 Å². The Morgan fingerprint density at radius 1 is 1.30 bits per heavy atom. The van der Waals surface area contributed by atoms with Crippen LogP contribution in [0, 0.1) is 12.8 Å². The van der Waals surface area contributed by atoms with E-state index in [1.54, 1.807) is 18.7 Å². The van der Waals surface area contributed by atoms with Crippen molar-refractivity contribution >= 4 is 34.2 Å². The van der Waals surface area contributed by atoms with Gasteiger partial charge in [0.05, 0.1) is 24.6 Å². The second-order valence-corrected chi connectivity index (χ2v) is 8.30. The maximum Gasteiger partial charge on any atom is 0.341 e. The van der Waals surface area contributed by atoms with E-state index >= 15 is 0 Å². The summed E-state index contributed by atoms with van der Waals surface area (Å²) >= 11 is 1.19. The lowest BCUT2D eigenvalue weighted by molar-refractivity contribution is -0.133. The van der Waals surface area contributed by atoms with Crippen LogP contribution in [-0.2, 0) is 9.53 Å². The molecule has 0 bridgehead atoms. The zero-order valence-corrected chi connectivity index (χ0v) is 18.3. The molecule has 1 saturated heterocycles. The summed E-state index contributed by atoms with van der Waals surface area (Å²) in [6.45, 7) is 8.51. The molecule has 1 fully saturated rings. The number of hydrogen-bond donors (Lipinski definition) is 2. The number of rotatable bonds is 6. The number of esters is 1. The normalized spacial score (nSPS) is 16.0. The van der Waals surface area contributed by atoms with Crippen molar-refractivity contribution in [1.29, 1.82) is 0 Å². The number of carbonyl (C=O) groups is 3. The Kier molecular flexibility index (Phi) is 6.70. The number of amides is 3. The van der Waals surface area contributed by atoms with Gasteiger partial charge in [0.2, 0.25) is 5.91 Å². The minimum Gasteiger partial charge on any atom is -0.462 e. The van der Waals surface area contributed by atoms with E-state index in [2.05, 4.69) is 20.8 Å². The first-order chi connectivity index (χ1) is 14.3. The van der Waals surface area contributed by atoms with E-state index in [4.69, 9.17) is 4.74 Å². The lowest BCUT2D eigenvalue weighted by Crippen LogP contribution is -2.41. The lowest BCUT2D eigenvalue weighted by Gasteiger charge is -2.19. The number of likely N-dealkylation sites (tertiary alicyclic amines) is 1. The van der Waals surface area contributed by atoms with Gasteiger partial charge >= 0.3 is 12.0 Å². The molecule has 2 aromatic heterocycles. The molecule has 3 amide bonds. The first kappa shape index (κ1) is 21.8. The lowest BCUT2D eigenvalue weighted by atomic mass is 10.2. The monoisotopic (exact) mass is 434 g/mol. The smallest absolute Gasteiger partial charge is 0.341 e. The first-order valence-corrected chi connectivity index (χ1v) is 10.7. The molecule has 1 atom stereocenters. The number of nitrogens with one attached hydrogen (secondary N) is 2. The molecule has 10 nitrogen and oxygen atoms in total. The summed E-state index contributed by atoms with van der Waals surface area (Å²) in [5.41, 5.74) is 0.909. The molecule has 0 radical (unpaired) electrons. The number of carbonyl (C=O) groups excluding carboxylic acids is 3. The molecule has 162 valence electrons. The van der Waals surface area contributed by atoms with Crippen molar-refractivity contribution < 1.29 is 19.1 Å². The summed E-state index contributed by atoms with van der Waals surface area (Å²) < 4.78 is 5.16. The third-order valence-electron chi connectivity index (χ3n) is 4.76.